The molecule has 18 heavy (non-hydrogen) atoms. The highest BCUT2D eigenvalue weighted by molar-refractivity contribution is 14.1. The second-order valence-electron chi connectivity index (χ2n) is 3.71. The molecule has 0 aliphatic heterocycles. The lowest BCUT2D eigenvalue weighted by atomic mass is 10.2. The van der Waals surface area contributed by atoms with Gasteiger partial charge in [-0.1, -0.05) is 12.1 Å². The summed E-state index contributed by atoms with van der Waals surface area (Å²) in [4.78, 5) is 4.45. The number of para-hydroxylation sites is 1. The minimum absolute atomic E-state index is 0.661. The minimum Gasteiger partial charge on any atom is -0.493 e. The fourth-order valence-electron chi connectivity index (χ4n) is 1.55. The molecule has 0 spiro atoms. The standard InChI is InChI=1S/C15H14INO/c1-2-18-15-6-4-3-5-12(15)11-17-14-9-7-13(16)8-10-14/h3-11H,2H2,1H3. The molecule has 0 aliphatic rings. The van der Waals surface area contributed by atoms with Crippen LogP contribution in [-0.4, -0.2) is 12.8 Å². The maximum absolute atomic E-state index is 5.55. The van der Waals surface area contributed by atoms with Crippen LogP contribution in [0.15, 0.2) is 53.5 Å². The SMILES string of the molecule is CCOc1ccccc1C=Nc1ccc(I)cc1. The van der Waals surface area contributed by atoms with E-state index in [9.17, 15) is 0 Å². The highest BCUT2D eigenvalue weighted by Gasteiger charge is 1.98. The van der Waals surface area contributed by atoms with Gasteiger partial charge in [0.15, 0.2) is 0 Å². The highest BCUT2D eigenvalue weighted by atomic mass is 127. The van der Waals surface area contributed by atoms with E-state index in [2.05, 4.69) is 27.6 Å². The predicted octanol–water partition coefficient (Wildman–Crippen LogP) is 4.44. The first-order chi connectivity index (χ1) is 8.79. The Bertz CT molecular complexity index is 534. The molecule has 0 bridgehead atoms. The third-order valence-corrected chi connectivity index (χ3v) is 3.12. The Kier molecular flexibility index (Phi) is 4.75. The average molecular weight is 351 g/mol. The second kappa shape index (κ2) is 6.54. The van der Waals surface area contributed by atoms with E-state index in [4.69, 9.17) is 4.74 Å². The minimum atomic E-state index is 0.661. The first-order valence-electron chi connectivity index (χ1n) is 5.81. The van der Waals surface area contributed by atoms with Gasteiger partial charge in [0, 0.05) is 15.3 Å². The van der Waals surface area contributed by atoms with Crippen LogP contribution in [0, 0.1) is 3.57 Å². The number of aliphatic imine (C=N–C) groups is 1. The third-order valence-electron chi connectivity index (χ3n) is 2.40. The van der Waals surface area contributed by atoms with Crippen molar-refractivity contribution in [3.05, 3.63) is 57.7 Å². The lowest BCUT2D eigenvalue weighted by Gasteiger charge is -2.05. The highest BCUT2D eigenvalue weighted by Crippen LogP contribution is 2.18. The molecule has 0 unspecified atom stereocenters. The van der Waals surface area contributed by atoms with E-state index in [1.807, 2.05) is 61.7 Å². The van der Waals surface area contributed by atoms with Crippen molar-refractivity contribution in [1.82, 2.24) is 0 Å². The molecule has 2 aromatic rings. The van der Waals surface area contributed by atoms with Crippen molar-refractivity contribution in [3.8, 4) is 5.75 Å². The summed E-state index contributed by atoms with van der Waals surface area (Å²) in [6, 6.07) is 16.0. The molecule has 92 valence electrons. The van der Waals surface area contributed by atoms with Crippen molar-refractivity contribution >= 4 is 34.5 Å². The molecular formula is C15H14INO. The zero-order chi connectivity index (χ0) is 12.8. The molecule has 2 rings (SSSR count). The van der Waals surface area contributed by atoms with Gasteiger partial charge in [0.05, 0.1) is 12.3 Å². The summed E-state index contributed by atoms with van der Waals surface area (Å²) in [5.74, 6) is 0.870. The van der Waals surface area contributed by atoms with Crippen LogP contribution >= 0.6 is 22.6 Å². The van der Waals surface area contributed by atoms with Crippen LogP contribution < -0.4 is 4.74 Å². The molecule has 2 nitrogen and oxygen atoms in total. The quantitative estimate of drug-likeness (QED) is 0.590. The van der Waals surface area contributed by atoms with Gasteiger partial charge in [-0.3, -0.25) is 4.99 Å². The number of nitrogens with zero attached hydrogens (tertiary/aromatic N) is 1. The Morgan fingerprint density at radius 2 is 1.83 bits per heavy atom. The lowest BCUT2D eigenvalue weighted by Crippen LogP contribution is -1.95. The third kappa shape index (κ3) is 3.57. The second-order valence-corrected chi connectivity index (χ2v) is 4.95. The monoisotopic (exact) mass is 351 g/mol. The van der Waals surface area contributed by atoms with E-state index in [1.165, 1.54) is 3.57 Å². The summed E-state index contributed by atoms with van der Waals surface area (Å²) < 4.78 is 6.76. The summed E-state index contributed by atoms with van der Waals surface area (Å²) in [6.07, 6.45) is 1.84. The Morgan fingerprint density at radius 3 is 2.56 bits per heavy atom. The number of hydrogen-bond acceptors (Lipinski definition) is 2. The van der Waals surface area contributed by atoms with Gasteiger partial charge in [0.2, 0.25) is 0 Å². The molecule has 0 amide bonds. The van der Waals surface area contributed by atoms with Crippen molar-refractivity contribution in [2.45, 2.75) is 6.92 Å². The Morgan fingerprint density at radius 1 is 1.11 bits per heavy atom. The van der Waals surface area contributed by atoms with Crippen LogP contribution in [0.5, 0.6) is 5.75 Å². The fourth-order valence-corrected chi connectivity index (χ4v) is 1.90. The molecule has 0 radical (unpaired) electrons. The zero-order valence-corrected chi connectivity index (χ0v) is 12.3. The number of rotatable bonds is 4. The fraction of sp³-hybridized carbons (Fsp3) is 0.133. The number of benzene rings is 2. The van der Waals surface area contributed by atoms with Crippen molar-refractivity contribution < 1.29 is 4.74 Å². The van der Waals surface area contributed by atoms with Crippen LogP contribution in [0.1, 0.15) is 12.5 Å². The summed E-state index contributed by atoms with van der Waals surface area (Å²) >= 11 is 2.28. The molecule has 0 N–H and O–H groups in total. The smallest absolute Gasteiger partial charge is 0.128 e. The first kappa shape index (κ1) is 13.1. The van der Waals surface area contributed by atoms with E-state index in [1.54, 1.807) is 0 Å². The zero-order valence-electron chi connectivity index (χ0n) is 10.1. The summed E-state index contributed by atoms with van der Waals surface area (Å²) in [5.41, 5.74) is 1.94. The van der Waals surface area contributed by atoms with Crippen molar-refractivity contribution in [1.29, 1.82) is 0 Å². The van der Waals surface area contributed by atoms with Crippen LogP contribution in [-0.2, 0) is 0 Å². The molecule has 0 atom stereocenters. The number of halogens is 1. The van der Waals surface area contributed by atoms with E-state index < -0.39 is 0 Å². The van der Waals surface area contributed by atoms with Crippen LogP contribution in [0.25, 0.3) is 0 Å². The average Bonchev–Trinajstić information content (AvgIpc) is 2.40. The predicted molar refractivity (Wildman–Crippen MR) is 84.0 cm³/mol. The van der Waals surface area contributed by atoms with Crippen LogP contribution in [0.4, 0.5) is 5.69 Å². The Labute approximate surface area is 121 Å². The summed E-state index contributed by atoms with van der Waals surface area (Å²) in [7, 11) is 0. The lowest BCUT2D eigenvalue weighted by molar-refractivity contribution is 0.340. The molecule has 0 saturated carbocycles. The maximum Gasteiger partial charge on any atom is 0.128 e. The van der Waals surface area contributed by atoms with Crippen molar-refractivity contribution in [3.63, 3.8) is 0 Å². The van der Waals surface area contributed by atoms with Gasteiger partial charge in [0.1, 0.15) is 5.75 Å². The van der Waals surface area contributed by atoms with Gasteiger partial charge < -0.3 is 4.74 Å². The summed E-state index contributed by atoms with van der Waals surface area (Å²) in [5, 5.41) is 0. The molecule has 0 aliphatic carbocycles. The largest absolute Gasteiger partial charge is 0.493 e. The van der Waals surface area contributed by atoms with Gasteiger partial charge >= 0.3 is 0 Å². The molecule has 2 aromatic carbocycles. The van der Waals surface area contributed by atoms with E-state index in [0.717, 1.165) is 17.0 Å². The van der Waals surface area contributed by atoms with Gasteiger partial charge in [-0.15, -0.1) is 0 Å². The first-order valence-corrected chi connectivity index (χ1v) is 6.89. The van der Waals surface area contributed by atoms with Crippen molar-refractivity contribution in [2.75, 3.05) is 6.61 Å². The van der Waals surface area contributed by atoms with Crippen LogP contribution in [0.3, 0.4) is 0 Å². The van der Waals surface area contributed by atoms with E-state index >= 15 is 0 Å². The number of hydrogen-bond donors (Lipinski definition) is 0. The molecule has 0 saturated heterocycles. The molecule has 0 fully saturated rings. The van der Waals surface area contributed by atoms with Crippen molar-refractivity contribution in [2.24, 2.45) is 4.99 Å². The van der Waals surface area contributed by atoms with Gasteiger partial charge in [-0.25, -0.2) is 0 Å². The maximum atomic E-state index is 5.55. The normalized spacial score (nSPS) is 10.8. The molecule has 3 heteroatoms. The van der Waals surface area contributed by atoms with Gasteiger partial charge in [0.25, 0.3) is 0 Å². The molecule has 0 heterocycles. The number of ether oxygens (including phenoxy) is 1. The molecule has 0 aromatic heterocycles. The topological polar surface area (TPSA) is 21.6 Å². The Hall–Kier alpha value is -1.36. The summed E-state index contributed by atoms with van der Waals surface area (Å²) in [6.45, 7) is 2.64. The van der Waals surface area contributed by atoms with Gasteiger partial charge in [-0.05, 0) is 65.9 Å². The van der Waals surface area contributed by atoms with E-state index in [-0.39, 0.29) is 0 Å². The molecular weight excluding hydrogens is 337 g/mol. The van der Waals surface area contributed by atoms with Crippen LogP contribution in [0.2, 0.25) is 0 Å². The Balaban J connectivity index is 2.20. The van der Waals surface area contributed by atoms with Gasteiger partial charge in [-0.2, -0.15) is 0 Å². The van der Waals surface area contributed by atoms with E-state index in [0.29, 0.717) is 6.61 Å².